The van der Waals surface area contributed by atoms with E-state index in [1.165, 1.54) is 0 Å². The molecule has 0 fully saturated rings. The fourth-order valence-electron chi connectivity index (χ4n) is 4.22. The predicted molar refractivity (Wildman–Crippen MR) is 135 cm³/mol. The Morgan fingerprint density at radius 2 is 1.12 bits per heavy atom. The molecular formula is C30H24N2O2. The second kappa shape index (κ2) is 9.59. The van der Waals surface area contributed by atoms with E-state index in [1.54, 1.807) is 22.9 Å². The smallest absolute Gasteiger partial charge is 0.262 e. The number of hydrogen-bond acceptors (Lipinski definition) is 2. The molecule has 4 heteroatoms. The Bertz CT molecular complexity index is 1380. The summed E-state index contributed by atoms with van der Waals surface area (Å²) in [5, 5.41) is 0.767. The molecule has 0 spiro atoms. The van der Waals surface area contributed by atoms with Crippen LogP contribution in [0.1, 0.15) is 31.8 Å². The van der Waals surface area contributed by atoms with Crippen LogP contribution in [0.3, 0.4) is 0 Å². The van der Waals surface area contributed by atoms with Gasteiger partial charge in [-0.3, -0.25) is 14.2 Å². The molecule has 1 amide bonds. The zero-order valence-corrected chi connectivity index (χ0v) is 18.7. The first kappa shape index (κ1) is 21.4. The van der Waals surface area contributed by atoms with Gasteiger partial charge in [0.25, 0.3) is 11.8 Å². The van der Waals surface area contributed by atoms with Gasteiger partial charge >= 0.3 is 0 Å². The van der Waals surface area contributed by atoms with E-state index in [4.69, 9.17) is 0 Å². The molecule has 0 unspecified atom stereocenters. The average Bonchev–Trinajstić information content (AvgIpc) is 3.29. The van der Waals surface area contributed by atoms with E-state index in [0.717, 1.165) is 22.0 Å². The second-order valence-corrected chi connectivity index (χ2v) is 8.23. The van der Waals surface area contributed by atoms with Gasteiger partial charge in [-0.25, -0.2) is 0 Å². The lowest BCUT2D eigenvalue weighted by molar-refractivity contribution is 0.0732. The largest absolute Gasteiger partial charge is 0.330 e. The first-order valence-electron chi connectivity index (χ1n) is 11.3. The summed E-state index contributed by atoms with van der Waals surface area (Å²) in [6.45, 7) is 0.946. The molecule has 166 valence electrons. The lowest BCUT2D eigenvalue weighted by Crippen LogP contribution is -2.30. The fourth-order valence-corrected chi connectivity index (χ4v) is 4.22. The summed E-state index contributed by atoms with van der Waals surface area (Å²) >= 11 is 0. The maximum atomic E-state index is 13.9. The van der Waals surface area contributed by atoms with Crippen LogP contribution in [-0.4, -0.2) is 21.3 Å². The molecule has 1 aromatic heterocycles. The molecule has 34 heavy (non-hydrogen) atoms. The monoisotopic (exact) mass is 444 g/mol. The molecule has 0 aliphatic carbocycles. The maximum Gasteiger partial charge on any atom is 0.262 e. The number of nitrogens with zero attached hydrogens (tertiary/aromatic N) is 2. The number of fused-ring (bicyclic) bond motifs is 1. The molecule has 0 bridgehead atoms. The molecule has 0 atom stereocenters. The Kier molecular flexibility index (Phi) is 6.04. The van der Waals surface area contributed by atoms with Gasteiger partial charge in [0.05, 0.1) is 11.1 Å². The SMILES string of the molecule is O=C(c1cn(C(=O)c2ccccc2)c2ccccc12)N(Cc1ccccc1)Cc1ccccc1. The highest BCUT2D eigenvalue weighted by molar-refractivity contribution is 6.11. The molecule has 5 rings (SSSR count). The Morgan fingerprint density at radius 3 is 1.71 bits per heavy atom. The van der Waals surface area contributed by atoms with Crippen molar-refractivity contribution in [1.29, 1.82) is 0 Å². The van der Waals surface area contributed by atoms with Gasteiger partial charge < -0.3 is 4.90 Å². The number of carbonyl (C=O) groups excluding carboxylic acids is 2. The Labute approximate surface area is 198 Å². The van der Waals surface area contributed by atoms with E-state index in [0.29, 0.717) is 24.2 Å². The van der Waals surface area contributed by atoms with Crippen molar-refractivity contribution in [2.24, 2.45) is 0 Å². The van der Waals surface area contributed by atoms with Crippen LogP contribution in [0.2, 0.25) is 0 Å². The maximum absolute atomic E-state index is 13.9. The lowest BCUT2D eigenvalue weighted by Gasteiger charge is -2.23. The highest BCUT2D eigenvalue weighted by Gasteiger charge is 2.23. The van der Waals surface area contributed by atoms with E-state index in [-0.39, 0.29) is 11.8 Å². The van der Waals surface area contributed by atoms with Crippen molar-refractivity contribution in [3.63, 3.8) is 0 Å². The summed E-state index contributed by atoms with van der Waals surface area (Å²) in [6, 6.07) is 36.6. The third kappa shape index (κ3) is 4.39. The highest BCUT2D eigenvalue weighted by atomic mass is 16.2. The number of carbonyl (C=O) groups is 2. The molecule has 0 N–H and O–H groups in total. The van der Waals surface area contributed by atoms with Crippen molar-refractivity contribution in [3.05, 3.63) is 144 Å². The van der Waals surface area contributed by atoms with Crippen molar-refractivity contribution >= 4 is 22.7 Å². The van der Waals surface area contributed by atoms with Crippen LogP contribution in [0.25, 0.3) is 10.9 Å². The number of aromatic nitrogens is 1. The molecule has 4 nitrogen and oxygen atoms in total. The topological polar surface area (TPSA) is 42.3 Å². The first-order valence-corrected chi connectivity index (χ1v) is 11.3. The first-order chi connectivity index (χ1) is 16.7. The van der Waals surface area contributed by atoms with E-state index in [9.17, 15) is 9.59 Å². The van der Waals surface area contributed by atoms with Crippen LogP contribution in [0.4, 0.5) is 0 Å². The summed E-state index contributed by atoms with van der Waals surface area (Å²) < 4.78 is 1.58. The van der Waals surface area contributed by atoms with Gasteiger partial charge in [0.2, 0.25) is 0 Å². The van der Waals surface area contributed by atoms with Crippen molar-refractivity contribution in [2.45, 2.75) is 13.1 Å². The van der Waals surface area contributed by atoms with E-state index in [1.807, 2.05) is 108 Å². The number of amides is 1. The van der Waals surface area contributed by atoms with Gasteiger partial charge in [-0.1, -0.05) is 97.1 Å². The van der Waals surface area contributed by atoms with E-state index < -0.39 is 0 Å². The predicted octanol–water partition coefficient (Wildman–Crippen LogP) is 6.17. The zero-order chi connectivity index (χ0) is 23.3. The Hall–Kier alpha value is -4.44. The summed E-state index contributed by atoms with van der Waals surface area (Å²) in [5.74, 6) is -0.267. The Balaban J connectivity index is 1.56. The third-order valence-corrected chi connectivity index (χ3v) is 5.90. The minimum atomic E-state index is -0.159. The van der Waals surface area contributed by atoms with Crippen LogP contribution < -0.4 is 0 Å². The number of para-hydroxylation sites is 1. The van der Waals surface area contributed by atoms with Crippen molar-refractivity contribution < 1.29 is 9.59 Å². The zero-order valence-electron chi connectivity index (χ0n) is 18.7. The summed E-state index contributed by atoms with van der Waals surface area (Å²) in [6.07, 6.45) is 1.69. The molecule has 0 radical (unpaired) electrons. The lowest BCUT2D eigenvalue weighted by atomic mass is 10.1. The molecule has 0 aliphatic heterocycles. The molecule has 0 saturated carbocycles. The van der Waals surface area contributed by atoms with Crippen molar-refractivity contribution in [2.75, 3.05) is 0 Å². The van der Waals surface area contributed by atoms with Crippen LogP contribution in [0, 0.1) is 0 Å². The Morgan fingerprint density at radius 1 is 0.618 bits per heavy atom. The molecule has 4 aromatic carbocycles. The standard InChI is InChI=1S/C30H24N2O2/c33-29(25-16-8-3-9-17-25)32-22-27(26-18-10-11-19-28(26)32)30(34)31(20-23-12-4-1-5-13-23)21-24-14-6-2-7-15-24/h1-19,22H,20-21H2. The number of benzene rings is 4. The molecular weight excluding hydrogens is 420 g/mol. The summed E-state index contributed by atoms with van der Waals surface area (Å²) in [4.78, 5) is 29.1. The van der Waals surface area contributed by atoms with Gasteiger partial charge in [0, 0.05) is 30.2 Å². The summed E-state index contributed by atoms with van der Waals surface area (Å²) in [7, 11) is 0. The van der Waals surface area contributed by atoms with Crippen LogP contribution in [-0.2, 0) is 13.1 Å². The third-order valence-electron chi connectivity index (χ3n) is 5.90. The number of hydrogen-bond donors (Lipinski definition) is 0. The fraction of sp³-hybridized carbons (Fsp3) is 0.0667. The van der Waals surface area contributed by atoms with Crippen LogP contribution in [0.15, 0.2) is 121 Å². The number of rotatable bonds is 6. The van der Waals surface area contributed by atoms with E-state index >= 15 is 0 Å². The van der Waals surface area contributed by atoms with Gasteiger partial charge in [-0.2, -0.15) is 0 Å². The average molecular weight is 445 g/mol. The van der Waals surface area contributed by atoms with E-state index in [2.05, 4.69) is 0 Å². The highest BCUT2D eigenvalue weighted by Crippen LogP contribution is 2.25. The quantitative estimate of drug-likeness (QED) is 0.314. The molecule has 1 heterocycles. The molecule has 5 aromatic rings. The van der Waals surface area contributed by atoms with Gasteiger partial charge in [-0.05, 0) is 29.3 Å². The van der Waals surface area contributed by atoms with Gasteiger partial charge in [0.15, 0.2) is 0 Å². The summed E-state index contributed by atoms with van der Waals surface area (Å²) in [5.41, 5.74) is 3.92. The van der Waals surface area contributed by atoms with Gasteiger partial charge in [0.1, 0.15) is 0 Å². The normalized spacial score (nSPS) is 10.8. The molecule has 0 saturated heterocycles. The second-order valence-electron chi connectivity index (χ2n) is 8.23. The van der Waals surface area contributed by atoms with Crippen LogP contribution in [0.5, 0.6) is 0 Å². The van der Waals surface area contributed by atoms with Crippen molar-refractivity contribution in [1.82, 2.24) is 9.47 Å². The minimum Gasteiger partial charge on any atom is -0.330 e. The van der Waals surface area contributed by atoms with Crippen LogP contribution >= 0.6 is 0 Å². The molecule has 0 aliphatic rings. The minimum absolute atomic E-state index is 0.108. The van der Waals surface area contributed by atoms with Gasteiger partial charge in [-0.15, -0.1) is 0 Å². The van der Waals surface area contributed by atoms with Crippen molar-refractivity contribution in [3.8, 4) is 0 Å².